The summed E-state index contributed by atoms with van der Waals surface area (Å²) >= 11 is 1.47. The number of anilines is 3. The molecule has 0 bridgehead atoms. The number of hydrogen-bond donors (Lipinski definition) is 2. The zero-order valence-corrected chi connectivity index (χ0v) is 19.6. The molecular weight excluding hydrogens is 426 g/mol. The first-order chi connectivity index (χ1) is 15.4. The number of hydrogen-bond acceptors (Lipinski definition) is 8. The van der Waals surface area contributed by atoms with Crippen molar-refractivity contribution >= 4 is 35.0 Å². The Hall–Kier alpha value is -3.46. The van der Waals surface area contributed by atoms with E-state index in [1.165, 1.54) is 11.8 Å². The van der Waals surface area contributed by atoms with E-state index in [0.717, 1.165) is 22.9 Å². The molecule has 8 nitrogen and oxygen atoms in total. The van der Waals surface area contributed by atoms with Crippen molar-refractivity contribution in [1.29, 1.82) is 0 Å². The fourth-order valence-corrected chi connectivity index (χ4v) is 3.93. The van der Waals surface area contributed by atoms with Crippen LogP contribution in [0.15, 0.2) is 53.7 Å². The summed E-state index contributed by atoms with van der Waals surface area (Å²) in [7, 11) is 8.83. The molecule has 0 atom stereocenters. The van der Waals surface area contributed by atoms with Crippen LogP contribution in [0.25, 0.3) is 0 Å². The van der Waals surface area contributed by atoms with Gasteiger partial charge in [0.25, 0.3) is 5.91 Å². The first kappa shape index (κ1) is 23.2. The highest BCUT2D eigenvalue weighted by Gasteiger charge is 2.16. The lowest BCUT2D eigenvalue weighted by molar-refractivity contribution is 0.102. The second kappa shape index (κ2) is 10.7. The van der Waals surface area contributed by atoms with Crippen LogP contribution in [-0.2, 0) is 5.75 Å². The molecule has 0 saturated heterocycles. The van der Waals surface area contributed by atoms with Gasteiger partial charge in [0.1, 0.15) is 28.2 Å². The summed E-state index contributed by atoms with van der Waals surface area (Å²) in [6.45, 7) is 0. The zero-order chi connectivity index (χ0) is 23.1. The van der Waals surface area contributed by atoms with Crippen LogP contribution < -0.4 is 25.0 Å². The Morgan fingerprint density at radius 1 is 1.09 bits per heavy atom. The molecule has 1 aromatic carbocycles. The van der Waals surface area contributed by atoms with Gasteiger partial charge in [0.15, 0.2) is 0 Å². The van der Waals surface area contributed by atoms with Crippen molar-refractivity contribution in [1.82, 2.24) is 9.97 Å². The maximum absolute atomic E-state index is 13.1. The number of nitrogens with one attached hydrogen (secondary N) is 2. The number of rotatable bonds is 9. The van der Waals surface area contributed by atoms with E-state index in [0.29, 0.717) is 27.8 Å². The van der Waals surface area contributed by atoms with Crippen molar-refractivity contribution in [3.05, 3.63) is 59.8 Å². The molecule has 168 valence electrons. The summed E-state index contributed by atoms with van der Waals surface area (Å²) in [4.78, 5) is 23.8. The number of thioether (sulfide) groups is 1. The molecule has 0 spiro atoms. The van der Waals surface area contributed by atoms with Gasteiger partial charge in [-0.05, 0) is 24.3 Å². The second-order valence-corrected chi connectivity index (χ2v) is 7.98. The normalized spacial score (nSPS) is 10.4. The van der Waals surface area contributed by atoms with Gasteiger partial charge in [-0.2, -0.15) is 0 Å². The fraction of sp³-hybridized carbons (Fsp3) is 0.261. The number of carbonyl (C=O) groups excluding carboxylic acids is 1. The summed E-state index contributed by atoms with van der Waals surface area (Å²) in [5.74, 6) is 3.23. The van der Waals surface area contributed by atoms with Crippen LogP contribution in [0.1, 0.15) is 15.9 Å². The Bertz CT molecular complexity index is 1090. The monoisotopic (exact) mass is 453 g/mol. The van der Waals surface area contributed by atoms with Crippen molar-refractivity contribution < 1.29 is 14.3 Å². The molecule has 0 radical (unpaired) electrons. The van der Waals surface area contributed by atoms with Gasteiger partial charge >= 0.3 is 0 Å². The van der Waals surface area contributed by atoms with E-state index in [1.807, 2.05) is 43.3 Å². The third-order valence-corrected chi connectivity index (χ3v) is 5.72. The Balaban J connectivity index is 1.84. The molecule has 2 aromatic heterocycles. The average molecular weight is 454 g/mol. The van der Waals surface area contributed by atoms with Crippen molar-refractivity contribution in [3.8, 4) is 11.5 Å². The average Bonchev–Trinajstić information content (AvgIpc) is 2.82. The van der Waals surface area contributed by atoms with Gasteiger partial charge in [0.05, 0.1) is 19.8 Å². The Morgan fingerprint density at radius 2 is 1.91 bits per heavy atom. The predicted molar refractivity (Wildman–Crippen MR) is 129 cm³/mol. The van der Waals surface area contributed by atoms with E-state index < -0.39 is 0 Å². The van der Waals surface area contributed by atoms with Crippen LogP contribution in [0.3, 0.4) is 0 Å². The molecule has 0 fully saturated rings. The van der Waals surface area contributed by atoms with E-state index in [-0.39, 0.29) is 5.91 Å². The van der Waals surface area contributed by atoms with Crippen molar-refractivity contribution in [3.63, 3.8) is 0 Å². The van der Waals surface area contributed by atoms with Gasteiger partial charge in [-0.25, -0.2) is 9.97 Å². The van der Waals surface area contributed by atoms with Crippen molar-refractivity contribution in [2.45, 2.75) is 10.8 Å². The zero-order valence-electron chi connectivity index (χ0n) is 18.8. The van der Waals surface area contributed by atoms with Gasteiger partial charge in [-0.3, -0.25) is 4.79 Å². The smallest absolute Gasteiger partial charge is 0.258 e. The van der Waals surface area contributed by atoms with E-state index in [2.05, 4.69) is 20.6 Å². The van der Waals surface area contributed by atoms with Gasteiger partial charge in [-0.15, -0.1) is 11.8 Å². The fourth-order valence-electron chi connectivity index (χ4n) is 2.92. The topological polar surface area (TPSA) is 88.6 Å². The minimum atomic E-state index is -0.236. The Morgan fingerprint density at radius 3 is 2.59 bits per heavy atom. The van der Waals surface area contributed by atoms with Gasteiger partial charge < -0.3 is 25.0 Å². The quantitative estimate of drug-likeness (QED) is 0.467. The number of ether oxygens (including phenoxy) is 2. The molecule has 9 heteroatoms. The summed E-state index contributed by atoms with van der Waals surface area (Å²) in [6.07, 6.45) is 1.67. The number of pyridine rings is 2. The lowest BCUT2D eigenvalue weighted by Gasteiger charge is -2.14. The summed E-state index contributed by atoms with van der Waals surface area (Å²) in [5.41, 5.74) is 2.13. The van der Waals surface area contributed by atoms with E-state index in [9.17, 15) is 4.79 Å². The standard InChI is InChI=1S/C23H27N5O3S/c1-24-20-9-8-18(22(29)26-16-10-11-25-21(12-16)28(2)3)23(27-20)32-14-15-6-7-17(30-4)13-19(15)31-5/h6-13H,14H2,1-5H3,(H,24,27)(H,25,26,29). The Kier molecular flexibility index (Phi) is 7.77. The number of methoxy groups -OCH3 is 2. The summed E-state index contributed by atoms with van der Waals surface area (Å²) in [5, 5.41) is 6.59. The first-order valence-corrected chi connectivity index (χ1v) is 10.9. The molecule has 0 aliphatic carbocycles. The number of carbonyl (C=O) groups is 1. The van der Waals surface area contributed by atoms with E-state index in [4.69, 9.17) is 9.47 Å². The van der Waals surface area contributed by atoms with Crippen LogP contribution in [0.5, 0.6) is 11.5 Å². The molecule has 0 saturated carbocycles. The molecule has 32 heavy (non-hydrogen) atoms. The minimum Gasteiger partial charge on any atom is -0.497 e. The van der Waals surface area contributed by atoms with Crippen molar-refractivity contribution in [2.75, 3.05) is 50.9 Å². The predicted octanol–water partition coefficient (Wildman–Crippen LogP) is 4.15. The molecular formula is C23H27N5O3S. The lowest BCUT2D eigenvalue weighted by atomic mass is 10.2. The van der Waals surface area contributed by atoms with E-state index >= 15 is 0 Å². The van der Waals surface area contributed by atoms with Crippen LogP contribution in [0, 0.1) is 0 Å². The minimum absolute atomic E-state index is 0.236. The maximum atomic E-state index is 13.1. The molecule has 2 heterocycles. The highest BCUT2D eigenvalue weighted by atomic mass is 32.2. The first-order valence-electron chi connectivity index (χ1n) is 9.92. The van der Waals surface area contributed by atoms with Crippen LogP contribution in [0.4, 0.5) is 17.3 Å². The molecule has 2 N–H and O–H groups in total. The van der Waals surface area contributed by atoms with Gasteiger partial charge in [0.2, 0.25) is 0 Å². The molecule has 3 aromatic rings. The third-order valence-electron chi connectivity index (χ3n) is 4.68. The summed E-state index contributed by atoms with van der Waals surface area (Å²) in [6, 6.07) is 12.8. The maximum Gasteiger partial charge on any atom is 0.258 e. The molecule has 1 amide bonds. The number of nitrogens with zero attached hydrogens (tertiary/aromatic N) is 3. The molecule has 0 aliphatic heterocycles. The molecule has 0 aliphatic rings. The largest absolute Gasteiger partial charge is 0.497 e. The number of amides is 1. The van der Waals surface area contributed by atoms with Crippen LogP contribution in [-0.4, -0.2) is 51.2 Å². The second-order valence-electron chi connectivity index (χ2n) is 7.02. The number of benzene rings is 1. The SMILES string of the molecule is CNc1ccc(C(=O)Nc2ccnc(N(C)C)c2)c(SCc2ccc(OC)cc2OC)n1. The highest BCUT2D eigenvalue weighted by Crippen LogP contribution is 2.32. The van der Waals surface area contributed by atoms with Crippen LogP contribution in [0.2, 0.25) is 0 Å². The van der Waals surface area contributed by atoms with Crippen molar-refractivity contribution in [2.24, 2.45) is 0 Å². The van der Waals surface area contributed by atoms with Crippen LogP contribution >= 0.6 is 11.8 Å². The lowest BCUT2D eigenvalue weighted by Crippen LogP contribution is -2.15. The molecule has 0 unspecified atom stereocenters. The van der Waals surface area contributed by atoms with E-state index in [1.54, 1.807) is 45.7 Å². The van der Waals surface area contributed by atoms with Gasteiger partial charge in [0, 0.05) is 56.5 Å². The number of aromatic nitrogens is 2. The molecule has 3 rings (SSSR count). The highest BCUT2D eigenvalue weighted by molar-refractivity contribution is 7.98. The summed E-state index contributed by atoms with van der Waals surface area (Å²) < 4.78 is 10.8. The van der Waals surface area contributed by atoms with Gasteiger partial charge in [-0.1, -0.05) is 6.07 Å². The third kappa shape index (κ3) is 5.61. The Labute approximate surface area is 192 Å².